The molecule has 0 aliphatic rings. The monoisotopic (exact) mass is 357 g/mol. The summed E-state index contributed by atoms with van der Waals surface area (Å²) in [5.74, 6) is 1.86. The molecule has 0 saturated heterocycles. The maximum atomic E-state index is 12.4. The molecule has 8 heteroatoms. The third-order valence-electron chi connectivity index (χ3n) is 3.71. The van der Waals surface area contributed by atoms with Crippen LogP contribution in [0.3, 0.4) is 0 Å². The largest absolute Gasteiger partial charge is 0.494 e. The van der Waals surface area contributed by atoms with Crippen molar-refractivity contribution in [2.75, 3.05) is 20.8 Å². The minimum absolute atomic E-state index is 0.00120. The van der Waals surface area contributed by atoms with Gasteiger partial charge >= 0.3 is 5.97 Å². The van der Waals surface area contributed by atoms with Crippen molar-refractivity contribution in [3.8, 4) is 28.8 Å². The number of methoxy groups -OCH3 is 2. The lowest BCUT2D eigenvalue weighted by Gasteiger charge is -2.16. The van der Waals surface area contributed by atoms with Gasteiger partial charge < -0.3 is 18.6 Å². The zero-order chi connectivity index (χ0) is 18.7. The van der Waals surface area contributed by atoms with Crippen molar-refractivity contribution in [1.82, 2.24) is 14.8 Å². The Bertz CT molecular complexity index is 907. The standard InChI is InChI=1S/C18H19N3O5/c1-5-25-18(22)17-20-19-16(14-10-9-11(2)26-14)21(17)15-12(23-3)7-6-8-13(15)24-4/h6-10H,5H2,1-4H3. The summed E-state index contributed by atoms with van der Waals surface area (Å²) in [6.45, 7) is 3.75. The topological polar surface area (TPSA) is 88.6 Å². The molecule has 0 radical (unpaired) electrons. The van der Waals surface area contributed by atoms with Crippen LogP contribution in [-0.2, 0) is 4.74 Å². The number of aryl methyl sites for hydroxylation is 1. The number of para-hydroxylation sites is 1. The molecule has 2 heterocycles. The van der Waals surface area contributed by atoms with Gasteiger partial charge in [0.15, 0.2) is 5.76 Å². The lowest BCUT2D eigenvalue weighted by Crippen LogP contribution is -2.14. The van der Waals surface area contributed by atoms with E-state index in [9.17, 15) is 4.79 Å². The maximum absolute atomic E-state index is 12.4. The molecule has 26 heavy (non-hydrogen) atoms. The molecule has 0 spiro atoms. The van der Waals surface area contributed by atoms with Crippen LogP contribution in [0.5, 0.6) is 11.5 Å². The van der Waals surface area contributed by atoms with E-state index in [0.29, 0.717) is 34.5 Å². The molecule has 136 valence electrons. The molecule has 0 amide bonds. The van der Waals surface area contributed by atoms with Crippen LogP contribution in [0.25, 0.3) is 17.3 Å². The van der Waals surface area contributed by atoms with Gasteiger partial charge in [0.2, 0.25) is 11.6 Å². The number of carbonyl (C=O) groups excluding carboxylic acids is 1. The summed E-state index contributed by atoms with van der Waals surface area (Å²) in [4.78, 5) is 12.4. The summed E-state index contributed by atoms with van der Waals surface area (Å²) in [6, 6.07) is 8.85. The minimum atomic E-state index is -0.609. The summed E-state index contributed by atoms with van der Waals surface area (Å²) >= 11 is 0. The maximum Gasteiger partial charge on any atom is 0.376 e. The number of ether oxygens (including phenoxy) is 3. The van der Waals surface area contributed by atoms with Crippen molar-refractivity contribution in [2.24, 2.45) is 0 Å². The van der Waals surface area contributed by atoms with E-state index in [2.05, 4.69) is 10.2 Å². The first-order chi connectivity index (χ1) is 12.6. The van der Waals surface area contributed by atoms with E-state index in [1.54, 1.807) is 37.3 Å². The Balaban J connectivity index is 2.31. The number of hydrogen-bond donors (Lipinski definition) is 0. The van der Waals surface area contributed by atoms with Crippen molar-refractivity contribution in [1.29, 1.82) is 0 Å². The predicted molar refractivity (Wildman–Crippen MR) is 92.9 cm³/mol. The van der Waals surface area contributed by atoms with Crippen molar-refractivity contribution in [2.45, 2.75) is 13.8 Å². The summed E-state index contributed by atoms with van der Waals surface area (Å²) in [5.41, 5.74) is 0.481. The summed E-state index contributed by atoms with van der Waals surface area (Å²) < 4.78 is 23.2. The first kappa shape index (κ1) is 17.5. The lowest BCUT2D eigenvalue weighted by molar-refractivity contribution is 0.0509. The first-order valence-corrected chi connectivity index (χ1v) is 8.01. The SMILES string of the molecule is CCOC(=O)c1nnc(-c2ccc(C)o2)n1-c1c(OC)cccc1OC. The van der Waals surface area contributed by atoms with Gasteiger partial charge in [-0.05, 0) is 38.1 Å². The summed E-state index contributed by atoms with van der Waals surface area (Å²) in [5, 5.41) is 8.15. The van der Waals surface area contributed by atoms with Crippen LogP contribution in [0.4, 0.5) is 0 Å². The highest BCUT2D eigenvalue weighted by Gasteiger charge is 2.27. The van der Waals surface area contributed by atoms with Crippen molar-refractivity contribution in [3.63, 3.8) is 0 Å². The Labute approximate surface area is 150 Å². The Morgan fingerprint density at radius 3 is 2.35 bits per heavy atom. The van der Waals surface area contributed by atoms with E-state index < -0.39 is 5.97 Å². The van der Waals surface area contributed by atoms with Crippen molar-refractivity contribution >= 4 is 5.97 Å². The molecule has 8 nitrogen and oxygen atoms in total. The Morgan fingerprint density at radius 1 is 1.12 bits per heavy atom. The van der Waals surface area contributed by atoms with Crippen LogP contribution in [-0.4, -0.2) is 41.6 Å². The Hall–Kier alpha value is -3.29. The van der Waals surface area contributed by atoms with E-state index in [4.69, 9.17) is 18.6 Å². The van der Waals surface area contributed by atoms with Gasteiger partial charge in [0.1, 0.15) is 22.9 Å². The van der Waals surface area contributed by atoms with Crippen LogP contribution in [0, 0.1) is 6.92 Å². The number of benzene rings is 1. The average Bonchev–Trinajstić information content (AvgIpc) is 3.27. The zero-order valence-electron chi connectivity index (χ0n) is 15.0. The molecule has 0 N–H and O–H groups in total. The van der Waals surface area contributed by atoms with Gasteiger partial charge in [-0.15, -0.1) is 10.2 Å². The van der Waals surface area contributed by atoms with E-state index in [-0.39, 0.29) is 12.4 Å². The molecule has 0 unspecified atom stereocenters. The normalized spacial score (nSPS) is 10.6. The number of nitrogens with zero attached hydrogens (tertiary/aromatic N) is 3. The molecular weight excluding hydrogens is 338 g/mol. The van der Waals surface area contributed by atoms with Gasteiger partial charge in [0.05, 0.1) is 20.8 Å². The van der Waals surface area contributed by atoms with Gasteiger partial charge in [-0.1, -0.05) is 6.07 Å². The van der Waals surface area contributed by atoms with Crippen molar-refractivity contribution < 1.29 is 23.4 Å². The van der Waals surface area contributed by atoms with Crippen molar-refractivity contribution in [3.05, 3.63) is 41.9 Å². The fourth-order valence-corrected chi connectivity index (χ4v) is 2.59. The molecule has 1 aromatic carbocycles. The molecule has 0 atom stereocenters. The quantitative estimate of drug-likeness (QED) is 0.627. The second kappa shape index (κ2) is 7.30. The molecule has 0 saturated carbocycles. The molecule has 2 aromatic heterocycles. The fourth-order valence-electron chi connectivity index (χ4n) is 2.59. The number of furan rings is 1. The lowest BCUT2D eigenvalue weighted by atomic mass is 10.2. The van der Waals surface area contributed by atoms with Gasteiger partial charge in [0.25, 0.3) is 0 Å². The first-order valence-electron chi connectivity index (χ1n) is 8.01. The minimum Gasteiger partial charge on any atom is -0.494 e. The van der Waals surface area contributed by atoms with Crippen LogP contribution in [0.15, 0.2) is 34.7 Å². The number of aromatic nitrogens is 3. The second-order valence-electron chi connectivity index (χ2n) is 5.32. The third-order valence-corrected chi connectivity index (χ3v) is 3.71. The van der Waals surface area contributed by atoms with Gasteiger partial charge in [-0.2, -0.15) is 0 Å². The Kier molecular flexibility index (Phi) is 4.92. The van der Waals surface area contributed by atoms with Crippen LogP contribution in [0.2, 0.25) is 0 Å². The molecule has 0 fully saturated rings. The van der Waals surface area contributed by atoms with Gasteiger partial charge in [0, 0.05) is 0 Å². The molecule has 0 aliphatic heterocycles. The second-order valence-corrected chi connectivity index (χ2v) is 5.32. The fraction of sp³-hybridized carbons (Fsp3) is 0.278. The summed E-state index contributed by atoms with van der Waals surface area (Å²) in [6.07, 6.45) is 0. The van der Waals surface area contributed by atoms with Crippen LogP contribution in [0.1, 0.15) is 23.3 Å². The van der Waals surface area contributed by atoms with Gasteiger partial charge in [-0.25, -0.2) is 4.79 Å². The van der Waals surface area contributed by atoms with E-state index in [1.165, 1.54) is 18.8 Å². The van der Waals surface area contributed by atoms with Gasteiger partial charge in [-0.3, -0.25) is 4.57 Å². The van der Waals surface area contributed by atoms with Crippen LogP contribution >= 0.6 is 0 Å². The smallest absolute Gasteiger partial charge is 0.376 e. The number of carbonyl (C=O) groups is 1. The highest BCUT2D eigenvalue weighted by molar-refractivity contribution is 5.87. The highest BCUT2D eigenvalue weighted by Crippen LogP contribution is 2.36. The van der Waals surface area contributed by atoms with E-state index >= 15 is 0 Å². The highest BCUT2D eigenvalue weighted by atomic mass is 16.5. The van der Waals surface area contributed by atoms with E-state index in [1.807, 2.05) is 6.92 Å². The number of esters is 1. The number of hydrogen-bond acceptors (Lipinski definition) is 7. The Morgan fingerprint density at radius 2 is 1.81 bits per heavy atom. The molecule has 0 aliphatic carbocycles. The number of rotatable bonds is 6. The van der Waals surface area contributed by atoms with Crippen LogP contribution < -0.4 is 9.47 Å². The third kappa shape index (κ3) is 3.01. The molecule has 3 rings (SSSR count). The molecule has 0 bridgehead atoms. The zero-order valence-corrected chi connectivity index (χ0v) is 15.0. The molecular formula is C18H19N3O5. The average molecular weight is 357 g/mol. The predicted octanol–water partition coefficient (Wildman–Crippen LogP) is 3.03. The molecule has 3 aromatic rings. The summed E-state index contributed by atoms with van der Waals surface area (Å²) in [7, 11) is 3.06. The van der Waals surface area contributed by atoms with E-state index in [0.717, 1.165) is 0 Å².